The van der Waals surface area contributed by atoms with Crippen LogP contribution in [0.3, 0.4) is 0 Å². The topological polar surface area (TPSA) is 29.1 Å². The van der Waals surface area contributed by atoms with E-state index in [0.29, 0.717) is 12.3 Å². The van der Waals surface area contributed by atoms with Crippen LogP contribution in [-0.2, 0) is 16.6 Å². The molecule has 0 radical (unpaired) electrons. The maximum atomic E-state index is 11.8. The first-order chi connectivity index (χ1) is 8.95. The predicted molar refractivity (Wildman–Crippen MR) is 79.2 cm³/mol. The van der Waals surface area contributed by atoms with Gasteiger partial charge in [0.25, 0.3) is 0 Å². The molecule has 1 fully saturated rings. The largest absolute Gasteiger partial charge is 0.352 e. The first-order valence-electron chi connectivity index (χ1n) is 7.34. The molecule has 0 aromatic heterocycles. The Labute approximate surface area is 116 Å². The Kier molecular flexibility index (Phi) is 3.98. The molecule has 0 aliphatic carbocycles. The van der Waals surface area contributed by atoms with Gasteiger partial charge in [0, 0.05) is 17.9 Å². The summed E-state index contributed by atoms with van der Waals surface area (Å²) in [6, 6.07) is 9.04. The van der Waals surface area contributed by atoms with E-state index in [1.165, 1.54) is 11.1 Å². The molecule has 2 rings (SSSR count). The van der Waals surface area contributed by atoms with Crippen LogP contribution in [0.1, 0.15) is 51.7 Å². The van der Waals surface area contributed by atoms with Gasteiger partial charge in [0.05, 0.1) is 0 Å². The van der Waals surface area contributed by atoms with Gasteiger partial charge in [0.1, 0.15) is 0 Å². The van der Waals surface area contributed by atoms with Gasteiger partial charge in [-0.2, -0.15) is 0 Å². The van der Waals surface area contributed by atoms with Crippen molar-refractivity contribution in [2.45, 2.75) is 58.4 Å². The molecule has 0 bridgehead atoms. The summed E-state index contributed by atoms with van der Waals surface area (Å²) in [5.41, 5.74) is 2.58. The van der Waals surface area contributed by atoms with Gasteiger partial charge < -0.3 is 5.32 Å². The van der Waals surface area contributed by atoms with E-state index in [0.717, 1.165) is 12.8 Å². The number of hydrogen-bond acceptors (Lipinski definition) is 1. The highest BCUT2D eigenvalue weighted by Gasteiger charge is 2.44. The van der Waals surface area contributed by atoms with Crippen molar-refractivity contribution in [3.63, 3.8) is 0 Å². The SMILES string of the molecule is CCc1ccc(C2(C)CC(=O)NC2CC(C)C)cc1. The molecule has 19 heavy (non-hydrogen) atoms. The molecule has 1 aromatic rings. The van der Waals surface area contributed by atoms with E-state index in [-0.39, 0.29) is 17.4 Å². The Morgan fingerprint density at radius 3 is 2.47 bits per heavy atom. The molecule has 2 unspecified atom stereocenters. The fourth-order valence-corrected chi connectivity index (χ4v) is 3.08. The lowest BCUT2D eigenvalue weighted by Crippen LogP contribution is -2.39. The summed E-state index contributed by atoms with van der Waals surface area (Å²) >= 11 is 0. The second-order valence-electron chi connectivity index (χ2n) is 6.39. The van der Waals surface area contributed by atoms with Crippen molar-refractivity contribution in [2.75, 3.05) is 0 Å². The number of benzene rings is 1. The van der Waals surface area contributed by atoms with Crippen LogP contribution in [0.2, 0.25) is 0 Å². The lowest BCUT2D eigenvalue weighted by molar-refractivity contribution is -0.119. The van der Waals surface area contributed by atoms with Crippen molar-refractivity contribution >= 4 is 5.91 Å². The summed E-state index contributed by atoms with van der Waals surface area (Å²) in [4.78, 5) is 11.8. The number of hydrogen-bond donors (Lipinski definition) is 1. The molecule has 2 heteroatoms. The van der Waals surface area contributed by atoms with Crippen LogP contribution in [0.5, 0.6) is 0 Å². The first-order valence-corrected chi connectivity index (χ1v) is 7.34. The molecule has 1 amide bonds. The number of rotatable bonds is 4. The Hall–Kier alpha value is -1.31. The summed E-state index contributed by atoms with van der Waals surface area (Å²) in [6.07, 6.45) is 2.71. The van der Waals surface area contributed by atoms with Crippen molar-refractivity contribution in [1.82, 2.24) is 5.32 Å². The van der Waals surface area contributed by atoms with Crippen LogP contribution in [0.4, 0.5) is 0 Å². The highest BCUT2D eigenvalue weighted by Crippen LogP contribution is 2.38. The number of aryl methyl sites for hydroxylation is 1. The van der Waals surface area contributed by atoms with Gasteiger partial charge in [-0.3, -0.25) is 4.79 Å². The lowest BCUT2D eigenvalue weighted by atomic mass is 9.73. The molecule has 2 nitrogen and oxygen atoms in total. The molecule has 104 valence electrons. The summed E-state index contributed by atoms with van der Waals surface area (Å²) in [5.74, 6) is 0.783. The predicted octanol–water partition coefficient (Wildman–Crippen LogP) is 3.44. The monoisotopic (exact) mass is 259 g/mol. The van der Waals surface area contributed by atoms with Crippen molar-refractivity contribution in [2.24, 2.45) is 5.92 Å². The number of carbonyl (C=O) groups excluding carboxylic acids is 1. The molecule has 1 aliphatic heterocycles. The van der Waals surface area contributed by atoms with Gasteiger partial charge in [0.2, 0.25) is 5.91 Å². The zero-order chi connectivity index (χ0) is 14.0. The van der Waals surface area contributed by atoms with Crippen LogP contribution in [0, 0.1) is 5.92 Å². The Bertz CT molecular complexity index is 449. The average molecular weight is 259 g/mol. The van der Waals surface area contributed by atoms with Gasteiger partial charge in [0.15, 0.2) is 0 Å². The molecule has 1 saturated heterocycles. The number of amides is 1. The molecule has 1 heterocycles. The fraction of sp³-hybridized carbons (Fsp3) is 0.588. The first kappa shape index (κ1) is 14.1. The zero-order valence-corrected chi connectivity index (χ0v) is 12.5. The third-order valence-electron chi connectivity index (χ3n) is 4.36. The molecular weight excluding hydrogens is 234 g/mol. The van der Waals surface area contributed by atoms with Crippen LogP contribution in [0.25, 0.3) is 0 Å². The van der Waals surface area contributed by atoms with Gasteiger partial charge >= 0.3 is 0 Å². The van der Waals surface area contributed by atoms with Crippen LogP contribution >= 0.6 is 0 Å². The van der Waals surface area contributed by atoms with Gasteiger partial charge in [-0.15, -0.1) is 0 Å². The van der Waals surface area contributed by atoms with Crippen molar-refractivity contribution in [3.05, 3.63) is 35.4 Å². The summed E-state index contributed by atoms with van der Waals surface area (Å²) in [5, 5.41) is 3.16. The van der Waals surface area contributed by atoms with E-state index in [1.54, 1.807) is 0 Å². The van der Waals surface area contributed by atoms with Gasteiger partial charge in [-0.25, -0.2) is 0 Å². The molecular formula is C17H25NO. The van der Waals surface area contributed by atoms with Crippen LogP contribution in [-0.4, -0.2) is 11.9 Å². The summed E-state index contributed by atoms with van der Waals surface area (Å²) in [6.45, 7) is 8.81. The van der Waals surface area contributed by atoms with E-state index < -0.39 is 0 Å². The van der Waals surface area contributed by atoms with Crippen molar-refractivity contribution in [3.8, 4) is 0 Å². The smallest absolute Gasteiger partial charge is 0.221 e. The van der Waals surface area contributed by atoms with Gasteiger partial charge in [-0.05, 0) is 29.9 Å². The van der Waals surface area contributed by atoms with Crippen LogP contribution < -0.4 is 5.32 Å². The van der Waals surface area contributed by atoms with E-state index in [9.17, 15) is 4.79 Å². The highest BCUT2D eigenvalue weighted by atomic mass is 16.2. The quantitative estimate of drug-likeness (QED) is 0.881. The average Bonchev–Trinajstić information content (AvgIpc) is 2.64. The van der Waals surface area contributed by atoms with E-state index in [4.69, 9.17) is 0 Å². The molecule has 1 aromatic carbocycles. The lowest BCUT2D eigenvalue weighted by Gasteiger charge is -2.32. The fourth-order valence-electron chi connectivity index (χ4n) is 3.08. The molecule has 0 spiro atoms. The number of nitrogens with one attached hydrogen (secondary N) is 1. The normalized spacial score (nSPS) is 26.8. The summed E-state index contributed by atoms with van der Waals surface area (Å²) in [7, 11) is 0. The van der Waals surface area contributed by atoms with Crippen LogP contribution in [0.15, 0.2) is 24.3 Å². The third-order valence-corrected chi connectivity index (χ3v) is 4.36. The highest BCUT2D eigenvalue weighted by molar-refractivity contribution is 5.81. The Morgan fingerprint density at radius 1 is 1.32 bits per heavy atom. The van der Waals surface area contributed by atoms with Gasteiger partial charge in [-0.1, -0.05) is 52.0 Å². The second-order valence-corrected chi connectivity index (χ2v) is 6.39. The minimum atomic E-state index is -0.0619. The van der Waals surface area contributed by atoms with E-state index in [2.05, 4.69) is 57.3 Å². The van der Waals surface area contributed by atoms with Crippen molar-refractivity contribution < 1.29 is 4.79 Å². The standard InChI is InChI=1S/C17H25NO/c1-5-13-6-8-14(9-7-13)17(4)11-16(19)18-15(17)10-12(2)3/h6-9,12,15H,5,10-11H2,1-4H3,(H,18,19). The van der Waals surface area contributed by atoms with Crippen molar-refractivity contribution in [1.29, 1.82) is 0 Å². The molecule has 1 N–H and O–H groups in total. The second kappa shape index (κ2) is 5.36. The maximum absolute atomic E-state index is 11.8. The van der Waals surface area contributed by atoms with E-state index >= 15 is 0 Å². The zero-order valence-electron chi connectivity index (χ0n) is 12.5. The minimum Gasteiger partial charge on any atom is -0.352 e. The Balaban J connectivity index is 2.29. The van der Waals surface area contributed by atoms with E-state index in [1.807, 2.05) is 0 Å². The Morgan fingerprint density at radius 2 is 1.95 bits per heavy atom. The maximum Gasteiger partial charge on any atom is 0.221 e. The summed E-state index contributed by atoms with van der Waals surface area (Å²) < 4.78 is 0. The number of carbonyl (C=O) groups is 1. The molecule has 1 aliphatic rings. The molecule has 0 saturated carbocycles. The third kappa shape index (κ3) is 2.83. The molecule has 2 atom stereocenters. The minimum absolute atomic E-state index is 0.0619.